The molecule has 0 saturated carbocycles. The summed E-state index contributed by atoms with van der Waals surface area (Å²) < 4.78 is 28.4. The van der Waals surface area contributed by atoms with Crippen LogP contribution in [-0.2, 0) is 10.0 Å². The molecule has 1 heterocycles. The van der Waals surface area contributed by atoms with E-state index in [9.17, 15) is 13.2 Å². The molecule has 1 aliphatic heterocycles. The van der Waals surface area contributed by atoms with E-state index in [4.69, 9.17) is 5.73 Å². The average molecular weight is 388 g/mol. The largest absolute Gasteiger partial charge is 0.334 e. The van der Waals surface area contributed by atoms with Gasteiger partial charge < -0.3 is 10.6 Å². The highest BCUT2D eigenvalue weighted by Gasteiger charge is 2.29. The van der Waals surface area contributed by atoms with Gasteiger partial charge in [-0.3, -0.25) is 9.52 Å². The van der Waals surface area contributed by atoms with Gasteiger partial charge >= 0.3 is 0 Å². The molecule has 1 unspecified atom stereocenters. The Balaban J connectivity index is 1.92. The van der Waals surface area contributed by atoms with Crippen LogP contribution in [0, 0.1) is 13.8 Å². The van der Waals surface area contributed by atoms with Crippen molar-refractivity contribution in [3.63, 3.8) is 0 Å². The van der Waals surface area contributed by atoms with Crippen molar-refractivity contribution in [3.05, 3.63) is 59.2 Å². The van der Waals surface area contributed by atoms with Crippen molar-refractivity contribution in [3.8, 4) is 0 Å². The second-order valence-electron chi connectivity index (χ2n) is 6.99. The third-order valence-corrected chi connectivity index (χ3v) is 6.43. The molecule has 2 aromatic rings. The summed E-state index contributed by atoms with van der Waals surface area (Å²) in [5.41, 5.74) is 8.17. The van der Waals surface area contributed by atoms with Crippen molar-refractivity contribution < 1.29 is 13.2 Å². The number of rotatable bonds is 5. The maximum Gasteiger partial charge on any atom is 0.262 e. The number of carbonyl (C=O) groups excluding carboxylic acids is 1. The smallest absolute Gasteiger partial charge is 0.262 e. The molecule has 1 fully saturated rings. The van der Waals surface area contributed by atoms with E-state index < -0.39 is 10.0 Å². The minimum Gasteiger partial charge on any atom is -0.334 e. The van der Waals surface area contributed by atoms with Crippen molar-refractivity contribution >= 4 is 21.6 Å². The summed E-state index contributed by atoms with van der Waals surface area (Å²) in [7, 11) is -3.80. The van der Waals surface area contributed by atoms with Crippen LogP contribution >= 0.6 is 0 Å². The molecule has 1 saturated heterocycles. The fourth-order valence-electron chi connectivity index (χ4n) is 3.46. The van der Waals surface area contributed by atoms with Crippen molar-refractivity contribution in [2.75, 3.05) is 17.8 Å². The van der Waals surface area contributed by atoms with Gasteiger partial charge in [-0.2, -0.15) is 0 Å². The summed E-state index contributed by atoms with van der Waals surface area (Å²) in [4.78, 5) is 14.7. The van der Waals surface area contributed by atoms with Gasteiger partial charge in [0, 0.05) is 30.4 Å². The Morgan fingerprint density at radius 2 is 2.00 bits per heavy atom. The van der Waals surface area contributed by atoms with E-state index in [1.165, 1.54) is 6.07 Å². The molecule has 1 aliphatic rings. The molecule has 0 spiro atoms. The maximum absolute atomic E-state index is 12.9. The molecule has 27 heavy (non-hydrogen) atoms. The summed E-state index contributed by atoms with van der Waals surface area (Å²) in [6, 6.07) is 12.0. The molecule has 3 N–H and O–H groups in total. The fourth-order valence-corrected chi connectivity index (χ4v) is 4.78. The maximum atomic E-state index is 12.9. The third kappa shape index (κ3) is 4.14. The van der Waals surface area contributed by atoms with Gasteiger partial charge in [0.25, 0.3) is 15.9 Å². The third-order valence-electron chi connectivity index (χ3n) is 4.90. The van der Waals surface area contributed by atoms with Gasteiger partial charge in [0.2, 0.25) is 0 Å². The van der Waals surface area contributed by atoms with Crippen LogP contribution in [0.25, 0.3) is 0 Å². The topological polar surface area (TPSA) is 92.5 Å². The lowest BCUT2D eigenvalue weighted by Gasteiger charge is -2.24. The molecule has 1 atom stereocenters. The van der Waals surface area contributed by atoms with Crippen molar-refractivity contribution in [2.45, 2.75) is 37.6 Å². The summed E-state index contributed by atoms with van der Waals surface area (Å²) in [6.07, 6.45) is 1.80. The predicted octanol–water partition coefficient (Wildman–Crippen LogP) is 2.67. The van der Waals surface area contributed by atoms with E-state index in [1.54, 1.807) is 42.2 Å². The molecule has 7 heteroatoms. The van der Waals surface area contributed by atoms with Crippen LogP contribution in [0.3, 0.4) is 0 Å². The molecule has 3 rings (SSSR count). The van der Waals surface area contributed by atoms with E-state index in [0.717, 1.165) is 18.4 Å². The zero-order chi connectivity index (χ0) is 19.6. The highest BCUT2D eigenvalue weighted by Crippen LogP contribution is 2.24. The molecule has 0 aromatic heterocycles. The second kappa shape index (κ2) is 7.70. The number of aryl methyl sites for hydroxylation is 2. The van der Waals surface area contributed by atoms with Gasteiger partial charge in [-0.05, 0) is 62.1 Å². The lowest BCUT2D eigenvalue weighted by Crippen LogP contribution is -2.40. The first kappa shape index (κ1) is 19.4. The summed E-state index contributed by atoms with van der Waals surface area (Å²) in [5.74, 6) is -0.171. The Morgan fingerprint density at radius 3 is 2.70 bits per heavy atom. The van der Waals surface area contributed by atoms with Crippen LogP contribution in [0.1, 0.15) is 34.3 Å². The first-order valence-electron chi connectivity index (χ1n) is 9.03. The zero-order valence-corrected chi connectivity index (χ0v) is 16.4. The number of hydrogen-bond acceptors (Lipinski definition) is 4. The molecule has 0 radical (unpaired) electrons. The van der Waals surface area contributed by atoms with Crippen molar-refractivity contribution in [1.29, 1.82) is 0 Å². The minimum absolute atomic E-state index is 0.0179. The predicted molar refractivity (Wildman–Crippen MR) is 106 cm³/mol. The standard InChI is InChI=1S/C20H25N3O3S/c1-14-5-3-6-17(11-14)22-27(25,26)19-12-16(9-8-15(19)2)20(24)23-10-4-7-18(23)13-21/h3,5-6,8-9,11-12,18,22H,4,7,10,13,21H2,1-2H3. The number of carbonyl (C=O) groups is 1. The quantitative estimate of drug-likeness (QED) is 0.825. The summed E-state index contributed by atoms with van der Waals surface area (Å²) in [6.45, 7) is 4.68. The molecular formula is C20H25N3O3S. The Bertz CT molecular complexity index is 957. The summed E-state index contributed by atoms with van der Waals surface area (Å²) in [5, 5.41) is 0. The van der Waals surface area contributed by atoms with E-state index >= 15 is 0 Å². The Labute approximate surface area is 160 Å². The molecule has 144 valence electrons. The number of likely N-dealkylation sites (tertiary alicyclic amines) is 1. The minimum atomic E-state index is -3.80. The van der Waals surface area contributed by atoms with Gasteiger partial charge in [0.15, 0.2) is 0 Å². The molecule has 2 aromatic carbocycles. The van der Waals surface area contributed by atoms with Crippen LogP contribution in [0.15, 0.2) is 47.4 Å². The monoisotopic (exact) mass is 387 g/mol. The molecular weight excluding hydrogens is 362 g/mol. The van der Waals surface area contributed by atoms with Gasteiger partial charge in [-0.1, -0.05) is 18.2 Å². The van der Waals surface area contributed by atoms with Crippen molar-refractivity contribution in [1.82, 2.24) is 4.90 Å². The number of nitrogens with one attached hydrogen (secondary N) is 1. The molecule has 0 bridgehead atoms. The van der Waals surface area contributed by atoms with Gasteiger partial charge in [-0.25, -0.2) is 8.42 Å². The van der Waals surface area contributed by atoms with Crippen LogP contribution in [0.2, 0.25) is 0 Å². The fraction of sp³-hybridized carbons (Fsp3) is 0.350. The SMILES string of the molecule is Cc1cccc(NS(=O)(=O)c2cc(C(=O)N3CCCC3CN)ccc2C)c1. The Hall–Kier alpha value is -2.38. The Morgan fingerprint density at radius 1 is 1.22 bits per heavy atom. The number of hydrogen-bond donors (Lipinski definition) is 2. The molecule has 1 amide bonds. The Kier molecular flexibility index (Phi) is 5.53. The van der Waals surface area contributed by atoms with E-state index in [2.05, 4.69) is 4.72 Å². The van der Waals surface area contributed by atoms with Gasteiger partial charge in [-0.15, -0.1) is 0 Å². The zero-order valence-electron chi connectivity index (χ0n) is 15.6. The highest BCUT2D eigenvalue weighted by atomic mass is 32.2. The van der Waals surface area contributed by atoms with Crippen LogP contribution in [0.5, 0.6) is 0 Å². The summed E-state index contributed by atoms with van der Waals surface area (Å²) >= 11 is 0. The molecule has 6 nitrogen and oxygen atoms in total. The van der Waals surface area contributed by atoms with Crippen LogP contribution in [-0.4, -0.2) is 38.4 Å². The average Bonchev–Trinajstić information content (AvgIpc) is 3.09. The van der Waals surface area contributed by atoms with Crippen molar-refractivity contribution in [2.24, 2.45) is 5.73 Å². The lowest BCUT2D eigenvalue weighted by molar-refractivity contribution is 0.0741. The number of sulfonamides is 1. The van der Waals surface area contributed by atoms with Gasteiger partial charge in [0.1, 0.15) is 0 Å². The lowest BCUT2D eigenvalue weighted by atomic mass is 10.1. The van der Waals surface area contributed by atoms with E-state index in [0.29, 0.717) is 29.9 Å². The van der Waals surface area contributed by atoms with Gasteiger partial charge in [0.05, 0.1) is 4.90 Å². The van der Waals surface area contributed by atoms with Crippen LogP contribution < -0.4 is 10.5 Å². The normalized spacial score (nSPS) is 17.1. The van der Waals surface area contributed by atoms with E-state index in [-0.39, 0.29) is 16.8 Å². The van der Waals surface area contributed by atoms with E-state index in [1.807, 2.05) is 13.0 Å². The number of benzene rings is 2. The number of nitrogens with zero attached hydrogens (tertiary/aromatic N) is 1. The first-order valence-corrected chi connectivity index (χ1v) is 10.5. The number of anilines is 1. The second-order valence-corrected chi connectivity index (χ2v) is 8.64. The molecule has 0 aliphatic carbocycles. The highest BCUT2D eigenvalue weighted by molar-refractivity contribution is 7.92. The number of amides is 1. The number of nitrogens with two attached hydrogens (primary N) is 1. The first-order chi connectivity index (χ1) is 12.8. The van der Waals surface area contributed by atoms with Crippen LogP contribution in [0.4, 0.5) is 5.69 Å².